The fourth-order valence-corrected chi connectivity index (χ4v) is 1.98. The average molecular weight is 388 g/mol. The highest BCUT2D eigenvalue weighted by Crippen LogP contribution is 2.21. The lowest BCUT2D eigenvalue weighted by atomic mass is 10.1. The van der Waals surface area contributed by atoms with Crippen LogP contribution < -0.4 is 5.73 Å². The molecule has 0 fully saturated rings. The largest absolute Gasteiger partial charge is 0.368 e. The molecule has 0 radical (unpaired) electrons. The molecule has 0 aliphatic carbocycles. The van der Waals surface area contributed by atoms with Gasteiger partial charge in [-0.15, -0.1) is 11.6 Å². The quantitative estimate of drug-likeness (QED) is 0.628. The lowest BCUT2D eigenvalue weighted by molar-refractivity contribution is -0.117. The van der Waals surface area contributed by atoms with Crippen molar-refractivity contribution in [3.05, 3.63) is 31.8 Å². The van der Waals surface area contributed by atoms with E-state index in [0.29, 0.717) is 6.42 Å². The zero-order valence-corrected chi connectivity index (χ0v) is 11.6. The van der Waals surface area contributed by atoms with Crippen molar-refractivity contribution in [2.75, 3.05) is 0 Å². The van der Waals surface area contributed by atoms with Gasteiger partial charge in [-0.1, -0.05) is 6.07 Å². The van der Waals surface area contributed by atoms with Crippen LogP contribution >= 0.6 is 50.1 Å². The van der Waals surface area contributed by atoms with Crippen molar-refractivity contribution in [2.24, 2.45) is 5.73 Å². The number of alkyl halides is 1. The lowest BCUT2D eigenvalue weighted by Gasteiger charge is -2.06. The summed E-state index contributed by atoms with van der Waals surface area (Å²) in [4.78, 5) is 10.7. The topological polar surface area (TPSA) is 43.1 Å². The zero-order valence-electron chi connectivity index (χ0n) is 7.14. The number of hydrogen-bond acceptors (Lipinski definition) is 1. The predicted molar refractivity (Wildman–Crippen MR) is 69.4 cm³/mol. The first-order chi connectivity index (χ1) is 6.50. The molecule has 76 valence electrons. The average Bonchev–Trinajstić information content (AvgIpc) is 2.11. The van der Waals surface area contributed by atoms with Crippen LogP contribution in [-0.2, 0) is 11.2 Å². The van der Waals surface area contributed by atoms with Crippen LogP contribution in [0.3, 0.4) is 0 Å². The molecule has 2 N–H and O–H groups in total. The van der Waals surface area contributed by atoms with Crippen LogP contribution in [0.15, 0.2) is 22.7 Å². The first-order valence-corrected chi connectivity index (χ1v) is 6.19. The van der Waals surface area contributed by atoms with Crippen LogP contribution in [0.2, 0.25) is 0 Å². The van der Waals surface area contributed by atoms with Gasteiger partial charge >= 0.3 is 0 Å². The van der Waals surface area contributed by atoms with Crippen molar-refractivity contribution in [2.45, 2.75) is 11.8 Å². The summed E-state index contributed by atoms with van der Waals surface area (Å²) in [6.07, 6.45) is 0.472. The molecule has 0 spiro atoms. The van der Waals surface area contributed by atoms with Crippen molar-refractivity contribution >= 4 is 56.0 Å². The Bertz CT molecular complexity index is 359. The molecule has 1 unspecified atom stereocenters. The summed E-state index contributed by atoms with van der Waals surface area (Å²) < 4.78 is 2.13. The normalized spacial score (nSPS) is 12.5. The van der Waals surface area contributed by atoms with E-state index >= 15 is 0 Å². The molecule has 0 aliphatic rings. The highest BCUT2D eigenvalue weighted by atomic mass is 127. The van der Waals surface area contributed by atoms with Crippen LogP contribution in [-0.4, -0.2) is 11.3 Å². The second kappa shape index (κ2) is 5.32. The molecule has 2 nitrogen and oxygen atoms in total. The standard InChI is InChI=1S/C9H8BrClINO/c10-6-2-1-5(4-8(6)12)3-7(11)9(13)14/h1-2,4,7H,3H2,(H2,13,14). The van der Waals surface area contributed by atoms with Crippen molar-refractivity contribution in [3.63, 3.8) is 0 Å². The number of nitrogens with two attached hydrogens (primary N) is 1. The molecule has 1 rings (SSSR count). The number of hydrogen-bond donors (Lipinski definition) is 1. The third-order valence-corrected chi connectivity index (χ3v) is 4.40. The van der Waals surface area contributed by atoms with Crippen molar-refractivity contribution in [1.29, 1.82) is 0 Å². The fraction of sp³-hybridized carbons (Fsp3) is 0.222. The number of rotatable bonds is 3. The minimum absolute atomic E-state index is 0.472. The molecule has 14 heavy (non-hydrogen) atoms. The molecule has 1 amide bonds. The van der Waals surface area contributed by atoms with Gasteiger partial charge in [0.2, 0.25) is 5.91 Å². The molecular weight excluding hydrogens is 380 g/mol. The first-order valence-electron chi connectivity index (χ1n) is 3.88. The van der Waals surface area contributed by atoms with Gasteiger partial charge in [-0.25, -0.2) is 0 Å². The Kier molecular flexibility index (Phi) is 4.66. The van der Waals surface area contributed by atoms with E-state index in [1.165, 1.54) is 0 Å². The Hall–Kier alpha value is 0.190. The van der Waals surface area contributed by atoms with Crippen LogP contribution in [0.4, 0.5) is 0 Å². The number of benzene rings is 1. The van der Waals surface area contributed by atoms with E-state index in [2.05, 4.69) is 38.5 Å². The molecule has 0 saturated heterocycles. The molecular formula is C9H8BrClINO. The minimum Gasteiger partial charge on any atom is -0.368 e. The van der Waals surface area contributed by atoms with E-state index in [1.807, 2.05) is 18.2 Å². The van der Waals surface area contributed by atoms with E-state index in [9.17, 15) is 4.79 Å². The van der Waals surface area contributed by atoms with Crippen molar-refractivity contribution < 1.29 is 4.79 Å². The predicted octanol–water partition coefficient (Wildman–Crippen LogP) is 2.69. The molecule has 0 bridgehead atoms. The third kappa shape index (κ3) is 3.40. The summed E-state index contributed by atoms with van der Waals surface area (Å²) in [7, 11) is 0. The molecule has 0 heterocycles. The fourth-order valence-electron chi connectivity index (χ4n) is 0.974. The smallest absolute Gasteiger partial charge is 0.235 e. The van der Waals surface area contributed by atoms with E-state index in [4.69, 9.17) is 17.3 Å². The third-order valence-electron chi connectivity index (χ3n) is 1.71. The monoisotopic (exact) mass is 387 g/mol. The Balaban J connectivity index is 2.78. The second-order valence-electron chi connectivity index (χ2n) is 2.82. The maximum atomic E-state index is 10.7. The van der Waals surface area contributed by atoms with Gasteiger partial charge in [-0.3, -0.25) is 4.79 Å². The first kappa shape index (κ1) is 12.3. The summed E-state index contributed by atoms with van der Waals surface area (Å²) in [5, 5.41) is -0.632. The lowest BCUT2D eigenvalue weighted by Crippen LogP contribution is -2.25. The summed E-state index contributed by atoms with van der Waals surface area (Å²) in [5.74, 6) is -0.482. The minimum atomic E-state index is -0.632. The Morgan fingerprint density at radius 2 is 2.29 bits per heavy atom. The maximum absolute atomic E-state index is 10.7. The highest BCUT2D eigenvalue weighted by Gasteiger charge is 2.12. The number of primary amides is 1. The van der Waals surface area contributed by atoms with E-state index < -0.39 is 11.3 Å². The molecule has 0 aromatic heterocycles. The van der Waals surface area contributed by atoms with Crippen LogP contribution in [0.5, 0.6) is 0 Å². The Morgan fingerprint density at radius 3 is 2.79 bits per heavy atom. The van der Waals surface area contributed by atoms with Crippen molar-refractivity contribution in [1.82, 2.24) is 0 Å². The molecule has 1 aromatic rings. The summed E-state index contributed by atoms with van der Waals surface area (Å²) >= 11 is 11.4. The van der Waals surface area contributed by atoms with Gasteiger partial charge in [0.15, 0.2) is 0 Å². The summed E-state index contributed by atoms with van der Waals surface area (Å²) in [6.45, 7) is 0. The molecule has 0 saturated carbocycles. The second-order valence-corrected chi connectivity index (χ2v) is 5.37. The van der Waals surface area contributed by atoms with Crippen LogP contribution in [0, 0.1) is 3.57 Å². The molecule has 1 aromatic carbocycles. The SMILES string of the molecule is NC(=O)C(Cl)Cc1ccc(Br)c(I)c1. The molecule has 5 heteroatoms. The van der Waals surface area contributed by atoms with Crippen molar-refractivity contribution in [3.8, 4) is 0 Å². The number of carbonyl (C=O) groups excluding carboxylic acids is 1. The number of carbonyl (C=O) groups is 1. The Labute approximate surface area is 109 Å². The van der Waals surface area contributed by atoms with Gasteiger partial charge in [-0.05, 0) is 62.6 Å². The molecule has 0 aliphatic heterocycles. The maximum Gasteiger partial charge on any atom is 0.235 e. The van der Waals surface area contributed by atoms with Gasteiger partial charge in [0.25, 0.3) is 0 Å². The van der Waals surface area contributed by atoms with Gasteiger partial charge in [0, 0.05) is 8.04 Å². The number of halogens is 3. The van der Waals surface area contributed by atoms with E-state index in [-0.39, 0.29) is 0 Å². The van der Waals surface area contributed by atoms with Crippen LogP contribution in [0.1, 0.15) is 5.56 Å². The van der Waals surface area contributed by atoms with Gasteiger partial charge < -0.3 is 5.73 Å². The van der Waals surface area contributed by atoms with E-state index in [0.717, 1.165) is 13.6 Å². The van der Waals surface area contributed by atoms with Gasteiger partial charge in [0.1, 0.15) is 5.38 Å². The number of amides is 1. The van der Waals surface area contributed by atoms with Gasteiger partial charge in [0.05, 0.1) is 0 Å². The zero-order chi connectivity index (χ0) is 10.7. The highest BCUT2D eigenvalue weighted by molar-refractivity contribution is 14.1. The van der Waals surface area contributed by atoms with Gasteiger partial charge in [-0.2, -0.15) is 0 Å². The van der Waals surface area contributed by atoms with Crippen LogP contribution in [0.25, 0.3) is 0 Å². The molecule has 1 atom stereocenters. The summed E-state index contributed by atoms with van der Waals surface area (Å²) in [6, 6.07) is 5.83. The Morgan fingerprint density at radius 1 is 1.64 bits per heavy atom. The van der Waals surface area contributed by atoms with E-state index in [1.54, 1.807) is 0 Å². The summed E-state index contributed by atoms with van der Waals surface area (Å²) in [5.41, 5.74) is 6.08.